The lowest BCUT2D eigenvalue weighted by Gasteiger charge is -2.29. The van der Waals surface area contributed by atoms with Gasteiger partial charge < -0.3 is 14.7 Å². The quantitative estimate of drug-likeness (QED) is 0.484. The number of aromatic nitrogens is 3. The van der Waals surface area contributed by atoms with E-state index in [-0.39, 0.29) is 11.4 Å². The lowest BCUT2D eigenvalue weighted by molar-refractivity contribution is 0.0699. The number of halogens is 1. The average molecular weight is 448 g/mol. The molecule has 0 bridgehead atoms. The van der Waals surface area contributed by atoms with Crippen LogP contribution in [0.4, 0.5) is 10.1 Å². The number of rotatable bonds is 5. The Morgan fingerprint density at radius 1 is 1.18 bits per heavy atom. The number of hydrogen-bond donors (Lipinski definition) is 1. The molecule has 8 heteroatoms. The van der Waals surface area contributed by atoms with Gasteiger partial charge in [0.1, 0.15) is 17.2 Å². The van der Waals surface area contributed by atoms with Gasteiger partial charge in [0.2, 0.25) is 0 Å². The molecular weight excluding hydrogens is 423 g/mol. The van der Waals surface area contributed by atoms with Crippen molar-refractivity contribution in [1.29, 1.82) is 0 Å². The van der Waals surface area contributed by atoms with Gasteiger partial charge in [0.25, 0.3) is 0 Å². The molecule has 33 heavy (non-hydrogen) atoms. The molecule has 0 amide bonds. The van der Waals surface area contributed by atoms with Crippen LogP contribution >= 0.6 is 0 Å². The highest BCUT2D eigenvalue weighted by molar-refractivity contribution is 6.04. The van der Waals surface area contributed by atoms with Gasteiger partial charge in [0.05, 0.1) is 40.9 Å². The van der Waals surface area contributed by atoms with E-state index in [0.29, 0.717) is 66.2 Å². The van der Waals surface area contributed by atoms with Crippen molar-refractivity contribution in [3.63, 3.8) is 0 Å². The molecule has 1 fully saturated rings. The first-order valence-corrected chi connectivity index (χ1v) is 11.1. The second kappa shape index (κ2) is 8.44. The Balaban J connectivity index is 1.86. The molecule has 0 aliphatic carbocycles. The number of pyridine rings is 1. The number of benzene rings is 2. The Morgan fingerprint density at radius 2 is 1.97 bits per heavy atom. The summed E-state index contributed by atoms with van der Waals surface area (Å²) in [5.41, 5.74) is 4.05. The van der Waals surface area contributed by atoms with Gasteiger partial charge in [-0.3, -0.25) is 9.55 Å². The molecule has 2 aromatic heterocycles. The van der Waals surface area contributed by atoms with Crippen LogP contribution in [0.3, 0.4) is 0 Å². The minimum atomic E-state index is -1.04. The summed E-state index contributed by atoms with van der Waals surface area (Å²) >= 11 is 0. The average Bonchev–Trinajstić information content (AvgIpc) is 3.19. The molecule has 1 saturated heterocycles. The van der Waals surface area contributed by atoms with E-state index in [9.17, 15) is 9.90 Å². The Bertz CT molecular complexity index is 1380. The molecule has 4 aromatic rings. The molecule has 0 radical (unpaired) electrons. The smallest absolute Gasteiger partial charge is 0.338 e. The molecule has 0 atom stereocenters. The monoisotopic (exact) mass is 448 g/mol. The van der Waals surface area contributed by atoms with Gasteiger partial charge in [-0.25, -0.2) is 14.2 Å². The maximum Gasteiger partial charge on any atom is 0.338 e. The maximum atomic E-state index is 15.1. The molecule has 2 aromatic carbocycles. The van der Waals surface area contributed by atoms with E-state index in [0.717, 1.165) is 17.7 Å². The first-order chi connectivity index (χ1) is 16.0. The summed E-state index contributed by atoms with van der Waals surface area (Å²) in [6.45, 7) is 6.45. The van der Waals surface area contributed by atoms with Crippen molar-refractivity contribution in [3.8, 4) is 5.69 Å². The first-order valence-electron chi connectivity index (χ1n) is 11.1. The van der Waals surface area contributed by atoms with E-state index in [1.807, 2.05) is 24.5 Å². The number of fused-ring (bicyclic) bond motifs is 2. The zero-order chi connectivity index (χ0) is 23.1. The Hall–Kier alpha value is -3.52. The fourth-order valence-corrected chi connectivity index (χ4v) is 4.57. The Morgan fingerprint density at radius 3 is 2.70 bits per heavy atom. The number of ether oxygens (including phenoxy) is 1. The molecule has 1 aliphatic rings. The van der Waals surface area contributed by atoms with Crippen molar-refractivity contribution in [2.75, 3.05) is 31.2 Å². The summed E-state index contributed by atoms with van der Waals surface area (Å²) in [4.78, 5) is 23.5. The number of aryl methyl sites for hydroxylation is 2. The van der Waals surface area contributed by atoms with Gasteiger partial charge in [-0.1, -0.05) is 13.0 Å². The van der Waals surface area contributed by atoms with Gasteiger partial charge >= 0.3 is 5.97 Å². The third-order valence-electron chi connectivity index (χ3n) is 6.16. The zero-order valence-corrected chi connectivity index (χ0v) is 18.6. The lowest BCUT2D eigenvalue weighted by Crippen LogP contribution is -2.36. The molecule has 0 unspecified atom stereocenters. The van der Waals surface area contributed by atoms with Crippen molar-refractivity contribution in [2.45, 2.75) is 26.7 Å². The van der Waals surface area contributed by atoms with Crippen molar-refractivity contribution in [3.05, 3.63) is 59.3 Å². The number of imidazole rings is 1. The van der Waals surface area contributed by atoms with Crippen LogP contribution in [0.15, 0.2) is 36.5 Å². The van der Waals surface area contributed by atoms with Gasteiger partial charge in [0.15, 0.2) is 0 Å². The summed E-state index contributed by atoms with van der Waals surface area (Å²) in [6.07, 6.45) is 3.10. The van der Waals surface area contributed by atoms with Crippen LogP contribution in [-0.4, -0.2) is 51.9 Å². The zero-order valence-electron chi connectivity index (χ0n) is 18.6. The standard InChI is InChI=1S/C25H25FN4O3/c1-3-4-21-28-24-17(25(31)32)13-16(29-9-11-33-12-10-29)14-20(24)30(21)19-7-8-27-23-15(2)5-6-18(26)22(19)23/h5-8,13-14H,3-4,9-12H2,1-2H3,(H,31,32). The number of hydrogen-bond acceptors (Lipinski definition) is 5. The molecular formula is C25H25FN4O3. The number of carboxylic acids is 1. The second-order valence-corrected chi connectivity index (χ2v) is 8.30. The van der Waals surface area contributed by atoms with Crippen LogP contribution in [0.1, 0.15) is 35.1 Å². The predicted octanol–water partition coefficient (Wildman–Crippen LogP) is 4.51. The number of nitrogens with zero attached hydrogens (tertiary/aromatic N) is 4. The highest BCUT2D eigenvalue weighted by atomic mass is 19.1. The van der Waals surface area contributed by atoms with E-state index in [1.54, 1.807) is 24.4 Å². The van der Waals surface area contributed by atoms with E-state index in [2.05, 4.69) is 9.88 Å². The Labute approximate surface area is 190 Å². The summed E-state index contributed by atoms with van der Waals surface area (Å²) < 4.78 is 22.5. The molecule has 1 N–H and O–H groups in total. The van der Waals surface area contributed by atoms with E-state index in [1.165, 1.54) is 6.07 Å². The van der Waals surface area contributed by atoms with E-state index >= 15 is 4.39 Å². The SMILES string of the molecule is CCCc1nc2c(C(=O)O)cc(N3CCOCC3)cc2n1-c1ccnc2c(C)ccc(F)c12. The van der Waals surface area contributed by atoms with Gasteiger partial charge in [0, 0.05) is 31.4 Å². The minimum Gasteiger partial charge on any atom is -0.478 e. The number of aromatic carboxylic acids is 1. The topological polar surface area (TPSA) is 80.5 Å². The first kappa shape index (κ1) is 21.3. The van der Waals surface area contributed by atoms with Gasteiger partial charge in [-0.05, 0) is 43.2 Å². The van der Waals surface area contributed by atoms with Crippen LogP contribution in [0.2, 0.25) is 0 Å². The largest absolute Gasteiger partial charge is 0.478 e. The molecule has 0 spiro atoms. The van der Waals surface area contributed by atoms with Crippen molar-refractivity contribution in [2.24, 2.45) is 0 Å². The van der Waals surface area contributed by atoms with Crippen LogP contribution in [-0.2, 0) is 11.2 Å². The van der Waals surface area contributed by atoms with Crippen molar-refractivity contribution in [1.82, 2.24) is 14.5 Å². The molecule has 3 heterocycles. The summed E-state index contributed by atoms with van der Waals surface area (Å²) in [6, 6.07) is 8.57. The molecule has 7 nitrogen and oxygen atoms in total. The second-order valence-electron chi connectivity index (χ2n) is 8.30. The molecule has 170 valence electrons. The van der Waals surface area contributed by atoms with Crippen LogP contribution < -0.4 is 4.90 Å². The van der Waals surface area contributed by atoms with Crippen molar-refractivity contribution < 1.29 is 19.0 Å². The van der Waals surface area contributed by atoms with E-state index in [4.69, 9.17) is 9.72 Å². The van der Waals surface area contributed by atoms with Crippen LogP contribution in [0.5, 0.6) is 0 Å². The molecule has 1 aliphatic heterocycles. The van der Waals surface area contributed by atoms with Crippen LogP contribution in [0.25, 0.3) is 27.6 Å². The van der Waals surface area contributed by atoms with E-state index < -0.39 is 5.97 Å². The number of carboxylic acid groups (broad SMARTS) is 1. The summed E-state index contributed by atoms with van der Waals surface area (Å²) in [7, 11) is 0. The Kier molecular flexibility index (Phi) is 5.46. The number of carbonyl (C=O) groups is 1. The third-order valence-corrected chi connectivity index (χ3v) is 6.16. The van der Waals surface area contributed by atoms with Crippen molar-refractivity contribution >= 4 is 33.6 Å². The summed E-state index contributed by atoms with van der Waals surface area (Å²) in [5, 5.41) is 10.4. The van der Waals surface area contributed by atoms with Crippen LogP contribution in [0, 0.1) is 12.7 Å². The maximum absolute atomic E-state index is 15.1. The van der Waals surface area contributed by atoms with Gasteiger partial charge in [-0.15, -0.1) is 0 Å². The highest BCUT2D eigenvalue weighted by Gasteiger charge is 2.23. The summed E-state index contributed by atoms with van der Waals surface area (Å²) in [5.74, 6) is -0.710. The highest BCUT2D eigenvalue weighted by Crippen LogP contribution is 2.34. The molecule has 0 saturated carbocycles. The van der Waals surface area contributed by atoms with Gasteiger partial charge in [-0.2, -0.15) is 0 Å². The number of morpholine rings is 1. The fourth-order valence-electron chi connectivity index (χ4n) is 4.57. The fraction of sp³-hybridized carbons (Fsp3) is 0.320. The predicted molar refractivity (Wildman–Crippen MR) is 125 cm³/mol. The molecule has 5 rings (SSSR count). The lowest BCUT2D eigenvalue weighted by atomic mass is 10.1. The number of anilines is 1. The third kappa shape index (κ3) is 3.60. The minimum absolute atomic E-state index is 0.139. The normalized spacial score (nSPS) is 14.3.